The SMILES string of the molecule is O=C1COC(c2ccc3ccccc3c2)OC1. The predicted octanol–water partition coefficient (Wildman–Crippen LogP) is 2.45. The van der Waals surface area contributed by atoms with Crippen molar-refractivity contribution in [1.82, 2.24) is 0 Å². The van der Waals surface area contributed by atoms with Crippen LogP contribution in [0.2, 0.25) is 0 Å². The number of ether oxygens (including phenoxy) is 2. The molecule has 3 nitrogen and oxygen atoms in total. The maximum atomic E-state index is 11.0. The topological polar surface area (TPSA) is 35.5 Å². The number of benzene rings is 2. The second-order valence-corrected chi connectivity index (χ2v) is 4.10. The lowest BCUT2D eigenvalue weighted by atomic mass is 10.1. The highest BCUT2D eigenvalue weighted by molar-refractivity contribution is 5.83. The minimum Gasteiger partial charge on any atom is -0.340 e. The van der Waals surface area contributed by atoms with E-state index in [-0.39, 0.29) is 19.0 Å². The van der Waals surface area contributed by atoms with Crippen molar-refractivity contribution in [3.05, 3.63) is 48.0 Å². The first kappa shape index (κ1) is 10.4. The summed E-state index contributed by atoms with van der Waals surface area (Å²) < 4.78 is 10.7. The van der Waals surface area contributed by atoms with Gasteiger partial charge in [0.2, 0.25) is 0 Å². The van der Waals surface area contributed by atoms with E-state index < -0.39 is 6.29 Å². The van der Waals surface area contributed by atoms with Crippen LogP contribution in [0, 0.1) is 0 Å². The Kier molecular flexibility index (Phi) is 2.63. The Labute approximate surface area is 99.0 Å². The molecule has 1 aliphatic rings. The molecule has 1 fully saturated rings. The summed E-state index contributed by atoms with van der Waals surface area (Å²) in [5.74, 6) is -0.0120. The molecular weight excluding hydrogens is 216 g/mol. The smallest absolute Gasteiger partial charge is 0.184 e. The van der Waals surface area contributed by atoms with Gasteiger partial charge in [-0.05, 0) is 16.8 Å². The lowest BCUT2D eigenvalue weighted by Crippen LogP contribution is -2.26. The molecule has 0 atom stereocenters. The van der Waals surface area contributed by atoms with E-state index in [1.807, 2.05) is 36.4 Å². The van der Waals surface area contributed by atoms with Crippen LogP contribution in [0.25, 0.3) is 10.8 Å². The molecule has 1 aliphatic heterocycles. The molecule has 0 aliphatic carbocycles. The minimum absolute atomic E-state index is 0.0120. The molecule has 3 heteroatoms. The molecule has 3 rings (SSSR count). The number of rotatable bonds is 1. The van der Waals surface area contributed by atoms with Crippen molar-refractivity contribution in [3.63, 3.8) is 0 Å². The van der Waals surface area contributed by atoms with E-state index in [4.69, 9.17) is 9.47 Å². The molecule has 0 radical (unpaired) electrons. The number of carbonyl (C=O) groups is 1. The molecule has 1 heterocycles. The van der Waals surface area contributed by atoms with Crippen molar-refractivity contribution in [3.8, 4) is 0 Å². The zero-order chi connectivity index (χ0) is 11.7. The standard InChI is InChI=1S/C14H12O3/c15-13-8-16-14(17-9-13)12-6-5-10-3-1-2-4-11(10)7-12/h1-7,14H,8-9H2. The van der Waals surface area contributed by atoms with E-state index in [1.165, 1.54) is 5.39 Å². The fourth-order valence-corrected chi connectivity index (χ4v) is 1.97. The van der Waals surface area contributed by atoms with Crippen molar-refractivity contribution < 1.29 is 14.3 Å². The summed E-state index contributed by atoms with van der Waals surface area (Å²) in [5, 5.41) is 2.33. The van der Waals surface area contributed by atoms with Gasteiger partial charge in [-0.3, -0.25) is 4.79 Å². The molecule has 0 saturated carbocycles. The number of hydrogen-bond acceptors (Lipinski definition) is 3. The van der Waals surface area contributed by atoms with Crippen LogP contribution in [0.3, 0.4) is 0 Å². The summed E-state index contributed by atoms with van der Waals surface area (Å²) in [6, 6.07) is 14.2. The molecule has 0 spiro atoms. The summed E-state index contributed by atoms with van der Waals surface area (Å²) >= 11 is 0. The lowest BCUT2D eigenvalue weighted by Gasteiger charge is -2.22. The molecule has 86 valence electrons. The van der Waals surface area contributed by atoms with Gasteiger partial charge in [0.25, 0.3) is 0 Å². The van der Waals surface area contributed by atoms with Gasteiger partial charge in [-0.25, -0.2) is 0 Å². The highest BCUT2D eigenvalue weighted by Crippen LogP contribution is 2.25. The van der Waals surface area contributed by atoms with Crippen molar-refractivity contribution >= 4 is 16.6 Å². The van der Waals surface area contributed by atoms with Crippen LogP contribution in [0.15, 0.2) is 42.5 Å². The van der Waals surface area contributed by atoms with Crippen LogP contribution in [0.1, 0.15) is 11.9 Å². The Morgan fingerprint density at radius 2 is 1.65 bits per heavy atom. The fourth-order valence-electron chi connectivity index (χ4n) is 1.97. The molecule has 17 heavy (non-hydrogen) atoms. The summed E-state index contributed by atoms with van der Waals surface area (Å²) in [4.78, 5) is 11.0. The molecule has 0 bridgehead atoms. The van der Waals surface area contributed by atoms with Gasteiger partial charge in [-0.15, -0.1) is 0 Å². The van der Waals surface area contributed by atoms with Crippen LogP contribution in [-0.4, -0.2) is 19.0 Å². The van der Waals surface area contributed by atoms with Crippen LogP contribution in [-0.2, 0) is 14.3 Å². The zero-order valence-corrected chi connectivity index (χ0v) is 9.26. The van der Waals surface area contributed by atoms with Gasteiger partial charge >= 0.3 is 0 Å². The largest absolute Gasteiger partial charge is 0.340 e. The molecule has 1 saturated heterocycles. The Morgan fingerprint density at radius 1 is 0.941 bits per heavy atom. The van der Waals surface area contributed by atoms with E-state index in [0.29, 0.717) is 0 Å². The summed E-state index contributed by atoms with van der Waals surface area (Å²) in [7, 11) is 0. The molecule has 2 aromatic carbocycles. The maximum Gasteiger partial charge on any atom is 0.184 e. The first-order valence-electron chi connectivity index (χ1n) is 5.56. The number of carbonyl (C=O) groups excluding carboxylic acids is 1. The van der Waals surface area contributed by atoms with Gasteiger partial charge in [-0.1, -0.05) is 36.4 Å². The van der Waals surface area contributed by atoms with E-state index in [1.54, 1.807) is 0 Å². The fraction of sp³-hybridized carbons (Fsp3) is 0.214. The normalized spacial score (nSPS) is 17.5. The Morgan fingerprint density at radius 3 is 2.41 bits per heavy atom. The predicted molar refractivity (Wildman–Crippen MR) is 63.6 cm³/mol. The van der Waals surface area contributed by atoms with Crippen molar-refractivity contribution in [2.75, 3.05) is 13.2 Å². The van der Waals surface area contributed by atoms with Gasteiger partial charge in [0.15, 0.2) is 12.1 Å². The van der Waals surface area contributed by atoms with E-state index in [0.717, 1.165) is 10.9 Å². The monoisotopic (exact) mass is 228 g/mol. The molecule has 0 aromatic heterocycles. The second kappa shape index (κ2) is 4.28. The first-order chi connectivity index (χ1) is 8.33. The van der Waals surface area contributed by atoms with Crippen molar-refractivity contribution in [2.24, 2.45) is 0 Å². The van der Waals surface area contributed by atoms with Crippen molar-refractivity contribution in [1.29, 1.82) is 0 Å². The van der Waals surface area contributed by atoms with Crippen molar-refractivity contribution in [2.45, 2.75) is 6.29 Å². The van der Waals surface area contributed by atoms with E-state index in [2.05, 4.69) is 6.07 Å². The van der Waals surface area contributed by atoms with Crippen LogP contribution >= 0.6 is 0 Å². The van der Waals surface area contributed by atoms with Gasteiger partial charge in [0.1, 0.15) is 13.2 Å². The average molecular weight is 228 g/mol. The number of Topliss-reactive ketones (excluding diaryl/α,β-unsaturated/α-hetero) is 1. The molecule has 0 N–H and O–H groups in total. The van der Waals surface area contributed by atoms with Gasteiger partial charge in [-0.2, -0.15) is 0 Å². The highest BCUT2D eigenvalue weighted by Gasteiger charge is 2.21. The Hall–Kier alpha value is -1.71. The first-order valence-corrected chi connectivity index (χ1v) is 5.56. The maximum absolute atomic E-state index is 11.0. The van der Waals surface area contributed by atoms with Gasteiger partial charge in [0, 0.05) is 5.56 Å². The van der Waals surface area contributed by atoms with E-state index >= 15 is 0 Å². The molecule has 0 unspecified atom stereocenters. The second-order valence-electron chi connectivity index (χ2n) is 4.10. The van der Waals surface area contributed by atoms with Crippen LogP contribution < -0.4 is 0 Å². The zero-order valence-electron chi connectivity index (χ0n) is 9.26. The Bertz CT molecular complexity index is 552. The van der Waals surface area contributed by atoms with Gasteiger partial charge in [0.05, 0.1) is 0 Å². The highest BCUT2D eigenvalue weighted by atomic mass is 16.7. The third-order valence-electron chi connectivity index (χ3n) is 2.84. The number of ketones is 1. The average Bonchev–Trinajstić information content (AvgIpc) is 2.39. The third kappa shape index (κ3) is 2.07. The third-order valence-corrected chi connectivity index (χ3v) is 2.84. The number of hydrogen-bond donors (Lipinski definition) is 0. The minimum atomic E-state index is -0.419. The van der Waals surface area contributed by atoms with Crippen LogP contribution in [0.4, 0.5) is 0 Å². The quantitative estimate of drug-likeness (QED) is 0.752. The molecule has 0 amide bonds. The molecular formula is C14H12O3. The summed E-state index contributed by atoms with van der Waals surface area (Å²) in [6.45, 7) is 0.273. The van der Waals surface area contributed by atoms with Crippen LogP contribution in [0.5, 0.6) is 0 Å². The summed E-state index contributed by atoms with van der Waals surface area (Å²) in [5.41, 5.74) is 0.955. The summed E-state index contributed by atoms with van der Waals surface area (Å²) in [6.07, 6.45) is -0.419. The Balaban J connectivity index is 1.92. The molecule has 2 aromatic rings. The lowest BCUT2D eigenvalue weighted by molar-refractivity contribution is -0.188. The van der Waals surface area contributed by atoms with E-state index in [9.17, 15) is 4.79 Å². The number of fused-ring (bicyclic) bond motifs is 1. The van der Waals surface area contributed by atoms with Gasteiger partial charge < -0.3 is 9.47 Å².